The van der Waals surface area contributed by atoms with Gasteiger partial charge in [-0.05, 0) is 17.7 Å². The summed E-state index contributed by atoms with van der Waals surface area (Å²) in [6.45, 7) is 3.97. The first-order valence-corrected chi connectivity index (χ1v) is 6.55. The van der Waals surface area contributed by atoms with Gasteiger partial charge in [0.1, 0.15) is 6.61 Å². The van der Waals surface area contributed by atoms with Crippen molar-refractivity contribution in [3.63, 3.8) is 0 Å². The molecule has 120 valence electrons. The second-order valence-corrected chi connectivity index (χ2v) is 4.66. The Labute approximate surface area is 122 Å². The van der Waals surface area contributed by atoms with Gasteiger partial charge in [0, 0.05) is 12.6 Å². The molecule has 0 bridgehead atoms. The molecule has 1 rings (SSSR count). The molecule has 21 heavy (non-hydrogen) atoms. The van der Waals surface area contributed by atoms with Crippen molar-refractivity contribution >= 4 is 0 Å². The fraction of sp³-hybridized carbons (Fsp3) is 0.571. The fourth-order valence-corrected chi connectivity index (χ4v) is 1.57. The third-order valence-electron chi connectivity index (χ3n) is 2.55. The molecule has 0 unspecified atom stereocenters. The molecule has 0 amide bonds. The molecule has 0 heterocycles. The normalized spacial score (nSPS) is 11.8. The van der Waals surface area contributed by atoms with Crippen LogP contribution in [0.2, 0.25) is 0 Å². The number of alkyl halides is 3. The van der Waals surface area contributed by atoms with Crippen LogP contribution < -0.4 is 14.8 Å². The van der Waals surface area contributed by atoms with Crippen molar-refractivity contribution in [1.82, 2.24) is 5.32 Å². The van der Waals surface area contributed by atoms with Crippen LogP contribution in [0.5, 0.6) is 11.5 Å². The number of benzene rings is 1. The molecule has 0 radical (unpaired) electrons. The number of rotatable bonds is 8. The zero-order valence-electron chi connectivity index (χ0n) is 12.3. The van der Waals surface area contributed by atoms with Gasteiger partial charge in [-0.25, -0.2) is 0 Å². The van der Waals surface area contributed by atoms with E-state index < -0.39 is 13.0 Å². The first kappa shape index (κ1) is 17.6. The average molecular weight is 307 g/mol. The summed E-state index contributed by atoms with van der Waals surface area (Å²) in [5.74, 6) is 0.863. The molecule has 0 aliphatic rings. The fourth-order valence-electron chi connectivity index (χ4n) is 1.57. The van der Waals surface area contributed by atoms with Gasteiger partial charge in [-0.2, -0.15) is 0 Å². The van der Waals surface area contributed by atoms with Crippen LogP contribution in [-0.4, -0.2) is 32.7 Å². The Kier molecular flexibility index (Phi) is 6.77. The van der Waals surface area contributed by atoms with Gasteiger partial charge in [0.2, 0.25) is 0 Å². The lowest BCUT2D eigenvalue weighted by atomic mass is 10.2. The summed E-state index contributed by atoms with van der Waals surface area (Å²) >= 11 is 0. The van der Waals surface area contributed by atoms with Crippen molar-refractivity contribution in [2.75, 3.05) is 20.3 Å². The van der Waals surface area contributed by atoms with Crippen LogP contribution in [-0.2, 0) is 11.3 Å². The summed E-state index contributed by atoms with van der Waals surface area (Å²) < 4.78 is 49.5. The molecule has 0 saturated carbocycles. The van der Waals surface area contributed by atoms with Crippen molar-refractivity contribution in [1.29, 1.82) is 0 Å². The summed E-state index contributed by atoms with van der Waals surface area (Å²) in [5.41, 5.74) is 0.999. The number of halogens is 3. The average Bonchev–Trinajstić information content (AvgIpc) is 2.40. The number of nitrogens with one attached hydrogen (secondary N) is 1. The molecular formula is C14H20F3NO3. The van der Waals surface area contributed by atoms with Crippen LogP contribution in [0.15, 0.2) is 18.2 Å². The van der Waals surface area contributed by atoms with Gasteiger partial charge < -0.3 is 14.8 Å². The number of hydrogen-bond donors (Lipinski definition) is 1. The Bertz CT molecular complexity index is 436. The SMILES string of the molecule is COc1cc(CNC(C)C)ccc1OCCOC(F)(F)F. The Morgan fingerprint density at radius 3 is 2.43 bits per heavy atom. The Morgan fingerprint density at radius 1 is 1.14 bits per heavy atom. The summed E-state index contributed by atoms with van der Waals surface area (Å²) in [6, 6.07) is 5.64. The van der Waals surface area contributed by atoms with Crippen molar-refractivity contribution < 1.29 is 27.4 Å². The predicted molar refractivity (Wildman–Crippen MR) is 72.5 cm³/mol. The molecule has 0 spiro atoms. The van der Waals surface area contributed by atoms with Gasteiger partial charge >= 0.3 is 6.36 Å². The zero-order valence-corrected chi connectivity index (χ0v) is 12.3. The summed E-state index contributed by atoms with van der Waals surface area (Å²) in [5, 5.41) is 3.26. The molecule has 1 aromatic carbocycles. The van der Waals surface area contributed by atoms with Crippen molar-refractivity contribution in [3.8, 4) is 11.5 Å². The summed E-state index contributed by atoms with van der Waals surface area (Å²) in [6.07, 6.45) is -4.64. The highest BCUT2D eigenvalue weighted by Gasteiger charge is 2.28. The van der Waals surface area contributed by atoms with Crippen LogP contribution in [0, 0.1) is 0 Å². The summed E-state index contributed by atoms with van der Waals surface area (Å²) in [4.78, 5) is 0. The zero-order chi connectivity index (χ0) is 15.9. The van der Waals surface area contributed by atoms with Crippen LogP contribution >= 0.6 is 0 Å². The van der Waals surface area contributed by atoms with E-state index in [0.29, 0.717) is 24.1 Å². The molecule has 0 atom stereocenters. The second-order valence-electron chi connectivity index (χ2n) is 4.66. The first-order valence-electron chi connectivity index (χ1n) is 6.55. The molecule has 0 aliphatic carbocycles. The lowest BCUT2D eigenvalue weighted by molar-refractivity contribution is -0.325. The third kappa shape index (κ3) is 7.19. The van der Waals surface area contributed by atoms with E-state index in [2.05, 4.69) is 10.1 Å². The van der Waals surface area contributed by atoms with Crippen LogP contribution in [0.1, 0.15) is 19.4 Å². The monoisotopic (exact) mass is 307 g/mol. The maximum atomic E-state index is 11.8. The van der Waals surface area contributed by atoms with Crippen molar-refractivity contribution in [3.05, 3.63) is 23.8 Å². The highest BCUT2D eigenvalue weighted by molar-refractivity contribution is 5.42. The molecule has 1 N–H and O–H groups in total. The van der Waals surface area contributed by atoms with E-state index in [0.717, 1.165) is 5.56 Å². The van der Waals surface area contributed by atoms with E-state index in [1.807, 2.05) is 19.9 Å². The number of hydrogen-bond acceptors (Lipinski definition) is 4. The Morgan fingerprint density at radius 2 is 1.86 bits per heavy atom. The lowest BCUT2D eigenvalue weighted by Crippen LogP contribution is -2.21. The highest BCUT2D eigenvalue weighted by Crippen LogP contribution is 2.28. The van der Waals surface area contributed by atoms with Crippen molar-refractivity contribution in [2.24, 2.45) is 0 Å². The quantitative estimate of drug-likeness (QED) is 0.749. The van der Waals surface area contributed by atoms with Gasteiger partial charge in [-0.3, -0.25) is 4.74 Å². The number of ether oxygens (including phenoxy) is 3. The Hall–Kier alpha value is -1.47. The Balaban J connectivity index is 2.54. The van der Waals surface area contributed by atoms with Gasteiger partial charge in [-0.15, -0.1) is 13.2 Å². The van der Waals surface area contributed by atoms with Gasteiger partial charge in [0.25, 0.3) is 0 Å². The molecule has 1 aromatic rings. The molecule has 0 fully saturated rings. The predicted octanol–water partition coefficient (Wildman–Crippen LogP) is 3.11. The molecule has 7 heteroatoms. The van der Waals surface area contributed by atoms with Crippen LogP contribution in [0.3, 0.4) is 0 Å². The molecular weight excluding hydrogens is 287 g/mol. The maximum absolute atomic E-state index is 11.8. The largest absolute Gasteiger partial charge is 0.522 e. The molecule has 0 saturated heterocycles. The second kappa shape index (κ2) is 8.09. The van der Waals surface area contributed by atoms with Gasteiger partial charge in [-0.1, -0.05) is 19.9 Å². The third-order valence-corrected chi connectivity index (χ3v) is 2.55. The maximum Gasteiger partial charge on any atom is 0.522 e. The topological polar surface area (TPSA) is 39.7 Å². The number of methoxy groups -OCH3 is 1. The molecule has 0 aliphatic heterocycles. The highest BCUT2D eigenvalue weighted by atomic mass is 19.4. The van der Waals surface area contributed by atoms with E-state index in [-0.39, 0.29) is 6.61 Å². The first-order chi connectivity index (χ1) is 9.81. The summed E-state index contributed by atoms with van der Waals surface area (Å²) in [7, 11) is 1.48. The minimum atomic E-state index is -4.64. The lowest BCUT2D eigenvalue weighted by Gasteiger charge is -2.14. The van der Waals surface area contributed by atoms with E-state index >= 15 is 0 Å². The van der Waals surface area contributed by atoms with Gasteiger partial charge in [0.15, 0.2) is 11.5 Å². The minimum Gasteiger partial charge on any atom is -0.493 e. The van der Waals surface area contributed by atoms with E-state index in [4.69, 9.17) is 9.47 Å². The van der Waals surface area contributed by atoms with Gasteiger partial charge in [0.05, 0.1) is 13.7 Å². The van der Waals surface area contributed by atoms with E-state index in [1.165, 1.54) is 7.11 Å². The van der Waals surface area contributed by atoms with Crippen molar-refractivity contribution in [2.45, 2.75) is 32.8 Å². The minimum absolute atomic E-state index is 0.209. The smallest absolute Gasteiger partial charge is 0.493 e. The van der Waals surface area contributed by atoms with Crippen LogP contribution in [0.25, 0.3) is 0 Å². The van der Waals surface area contributed by atoms with E-state index in [1.54, 1.807) is 12.1 Å². The van der Waals surface area contributed by atoms with E-state index in [9.17, 15) is 13.2 Å². The standard InChI is InChI=1S/C14H20F3NO3/c1-10(2)18-9-11-4-5-12(13(8-11)19-3)20-6-7-21-14(15,16)17/h4-5,8,10,18H,6-7,9H2,1-3H3. The molecule has 4 nitrogen and oxygen atoms in total. The van der Waals surface area contributed by atoms with Crippen LogP contribution in [0.4, 0.5) is 13.2 Å². The molecule has 0 aromatic heterocycles.